The summed E-state index contributed by atoms with van der Waals surface area (Å²) in [4.78, 5) is 2.37. The molecule has 0 amide bonds. The highest BCUT2D eigenvalue weighted by molar-refractivity contribution is 5.33. The van der Waals surface area contributed by atoms with Crippen LogP contribution < -0.4 is 10.1 Å². The second kappa shape index (κ2) is 7.13. The highest BCUT2D eigenvalue weighted by Crippen LogP contribution is 2.18. The molecule has 0 bridgehead atoms. The number of ether oxygens (including phenoxy) is 1. The summed E-state index contributed by atoms with van der Waals surface area (Å²) >= 11 is 0. The first-order chi connectivity index (χ1) is 9.29. The van der Waals surface area contributed by atoms with Crippen LogP contribution in [-0.2, 0) is 6.54 Å². The predicted molar refractivity (Wildman–Crippen MR) is 74.9 cm³/mol. The van der Waals surface area contributed by atoms with E-state index < -0.39 is 0 Å². The molecule has 1 aromatic rings. The summed E-state index contributed by atoms with van der Waals surface area (Å²) in [6, 6.07) is 9.89. The maximum Gasteiger partial charge on any atom is 0.174 e. The third-order valence-corrected chi connectivity index (χ3v) is 3.50. The minimum atomic E-state index is 0.102. The highest BCUT2D eigenvalue weighted by atomic mass is 16.5. The summed E-state index contributed by atoms with van der Waals surface area (Å²) in [6.45, 7) is 4.32. The molecule has 102 valence electrons. The van der Waals surface area contributed by atoms with E-state index in [0.717, 1.165) is 30.3 Å². The lowest BCUT2D eigenvalue weighted by atomic mass is 10.1. The van der Waals surface area contributed by atoms with Crippen LogP contribution in [0.15, 0.2) is 24.3 Å². The Morgan fingerprint density at radius 2 is 2.32 bits per heavy atom. The molecule has 0 spiro atoms. The second-order valence-electron chi connectivity index (χ2n) is 5.10. The van der Waals surface area contributed by atoms with Crippen molar-refractivity contribution < 1.29 is 4.74 Å². The first-order valence-corrected chi connectivity index (χ1v) is 6.76. The molecule has 4 heteroatoms. The molecule has 1 aromatic carbocycles. The zero-order valence-electron chi connectivity index (χ0n) is 11.4. The minimum absolute atomic E-state index is 0.102. The normalized spacial score (nSPS) is 19.3. The molecular formula is C15H21N3O. The predicted octanol–water partition coefficient (Wildman–Crippen LogP) is 1.63. The fraction of sp³-hybridized carbons (Fsp3) is 0.533. The van der Waals surface area contributed by atoms with Crippen LogP contribution in [0.2, 0.25) is 0 Å². The van der Waals surface area contributed by atoms with Gasteiger partial charge >= 0.3 is 0 Å². The van der Waals surface area contributed by atoms with Gasteiger partial charge < -0.3 is 15.0 Å². The molecule has 1 N–H and O–H groups in total. The second-order valence-corrected chi connectivity index (χ2v) is 5.10. The first kappa shape index (κ1) is 13.9. The van der Waals surface area contributed by atoms with Crippen molar-refractivity contribution in [2.45, 2.75) is 13.0 Å². The molecular weight excluding hydrogens is 238 g/mol. The average Bonchev–Trinajstić information content (AvgIpc) is 2.83. The largest absolute Gasteiger partial charge is 0.478 e. The smallest absolute Gasteiger partial charge is 0.174 e. The van der Waals surface area contributed by atoms with Crippen LogP contribution in [0.25, 0.3) is 0 Å². The average molecular weight is 259 g/mol. The van der Waals surface area contributed by atoms with E-state index in [4.69, 9.17) is 10.00 Å². The van der Waals surface area contributed by atoms with Gasteiger partial charge in [-0.05, 0) is 38.5 Å². The summed E-state index contributed by atoms with van der Waals surface area (Å²) in [7, 11) is 2.17. The summed E-state index contributed by atoms with van der Waals surface area (Å²) < 4.78 is 5.42. The van der Waals surface area contributed by atoms with Gasteiger partial charge in [0.1, 0.15) is 11.8 Å². The van der Waals surface area contributed by atoms with E-state index in [0.29, 0.717) is 0 Å². The number of para-hydroxylation sites is 1. The Morgan fingerprint density at radius 1 is 1.47 bits per heavy atom. The fourth-order valence-corrected chi connectivity index (χ4v) is 2.50. The molecule has 2 rings (SSSR count). The van der Waals surface area contributed by atoms with Gasteiger partial charge in [-0.3, -0.25) is 0 Å². The van der Waals surface area contributed by atoms with Gasteiger partial charge in [-0.15, -0.1) is 0 Å². The van der Waals surface area contributed by atoms with Gasteiger partial charge in [0.15, 0.2) is 6.61 Å². The summed E-state index contributed by atoms with van der Waals surface area (Å²) in [5.74, 6) is 1.55. The van der Waals surface area contributed by atoms with Gasteiger partial charge in [0.2, 0.25) is 0 Å². The third-order valence-electron chi connectivity index (χ3n) is 3.50. The molecule has 19 heavy (non-hydrogen) atoms. The van der Waals surface area contributed by atoms with Gasteiger partial charge in [0, 0.05) is 18.7 Å². The topological polar surface area (TPSA) is 48.3 Å². The van der Waals surface area contributed by atoms with E-state index in [1.54, 1.807) is 0 Å². The summed E-state index contributed by atoms with van der Waals surface area (Å²) in [5, 5.41) is 12.1. The lowest BCUT2D eigenvalue weighted by molar-refractivity contribution is 0.360. The highest BCUT2D eigenvalue weighted by Gasteiger charge is 2.18. The van der Waals surface area contributed by atoms with Crippen molar-refractivity contribution in [3.05, 3.63) is 29.8 Å². The molecule has 0 aromatic heterocycles. The lowest BCUT2D eigenvalue weighted by Gasteiger charge is -2.13. The number of benzene rings is 1. The monoisotopic (exact) mass is 259 g/mol. The molecule has 1 fully saturated rings. The Morgan fingerprint density at radius 3 is 3.05 bits per heavy atom. The van der Waals surface area contributed by atoms with Crippen molar-refractivity contribution in [3.63, 3.8) is 0 Å². The Labute approximate surface area is 115 Å². The van der Waals surface area contributed by atoms with Crippen LogP contribution in [0.4, 0.5) is 0 Å². The number of rotatable bonds is 6. The molecule has 0 aliphatic carbocycles. The van der Waals surface area contributed by atoms with E-state index in [9.17, 15) is 0 Å². The number of nitrogens with zero attached hydrogens (tertiary/aromatic N) is 2. The molecule has 0 saturated carbocycles. The Balaban J connectivity index is 1.80. The number of nitriles is 1. The van der Waals surface area contributed by atoms with Gasteiger partial charge in [-0.2, -0.15) is 5.26 Å². The van der Waals surface area contributed by atoms with Crippen LogP contribution in [0, 0.1) is 17.2 Å². The van der Waals surface area contributed by atoms with E-state index in [1.165, 1.54) is 19.5 Å². The molecule has 4 nitrogen and oxygen atoms in total. The molecule has 1 unspecified atom stereocenters. The number of hydrogen-bond donors (Lipinski definition) is 1. The Hall–Kier alpha value is -1.57. The molecule has 1 atom stereocenters. The molecule has 1 aliphatic rings. The van der Waals surface area contributed by atoms with Crippen LogP contribution in [-0.4, -0.2) is 38.2 Å². The third kappa shape index (κ3) is 4.23. The quantitative estimate of drug-likeness (QED) is 0.843. The summed E-state index contributed by atoms with van der Waals surface area (Å²) in [5.41, 5.74) is 1.11. The maximum absolute atomic E-state index is 8.57. The van der Waals surface area contributed by atoms with Gasteiger partial charge in [0.05, 0.1) is 0 Å². The van der Waals surface area contributed by atoms with Crippen molar-refractivity contribution in [2.75, 3.05) is 33.3 Å². The van der Waals surface area contributed by atoms with Gasteiger partial charge in [-0.1, -0.05) is 18.2 Å². The Bertz CT molecular complexity index is 441. The lowest BCUT2D eigenvalue weighted by Crippen LogP contribution is -2.24. The standard InChI is InChI=1S/C15H21N3O/c1-18-8-6-13(12-18)10-17-11-14-4-2-3-5-15(14)19-9-7-16/h2-5,13,17H,6,8-12H2,1H3. The van der Waals surface area contributed by atoms with E-state index in [-0.39, 0.29) is 6.61 Å². The van der Waals surface area contributed by atoms with Crippen LogP contribution in [0.5, 0.6) is 5.75 Å². The SMILES string of the molecule is CN1CCC(CNCc2ccccc2OCC#N)C1. The van der Waals surface area contributed by atoms with Crippen LogP contribution in [0.1, 0.15) is 12.0 Å². The minimum Gasteiger partial charge on any atom is -0.478 e. The molecule has 1 aliphatic heterocycles. The van der Waals surface area contributed by atoms with Crippen LogP contribution >= 0.6 is 0 Å². The van der Waals surface area contributed by atoms with E-state index >= 15 is 0 Å². The Kier molecular flexibility index (Phi) is 5.20. The number of hydrogen-bond acceptors (Lipinski definition) is 4. The van der Waals surface area contributed by atoms with Crippen molar-refractivity contribution in [3.8, 4) is 11.8 Å². The number of likely N-dealkylation sites (tertiary alicyclic amines) is 1. The summed E-state index contributed by atoms with van der Waals surface area (Å²) in [6.07, 6.45) is 1.27. The van der Waals surface area contributed by atoms with Crippen molar-refractivity contribution in [1.82, 2.24) is 10.2 Å². The first-order valence-electron chi connectivity index (χ1n) is 6.76. The number of nitrogens with one attached hydrogen (secondary N) is 1. The van der Waals surface area contributed by atoms with Crippen molar-refractivity contribution in [2.24, 2.45) is 5.92 Å². The maximum atomic E-state index is 8.57. The zero-order valence-corrected chi connectivity index (χ0v) is 11.4. The fourth-order valence-electron chi connectivity index (χ4n) is 2.50. The van der Waals surface area contributed by atoms with E-state index in [1.807, 2.05) is 30.3 Å². The van der Waals surface area contributed by atoms with Gasteiger partial charge in [0.25, 0.3) is 0 Å². The van der Waals surface area contributed by atoms with E-state index in [2.05, 4.69) is 17.3 Å². The van der Waals surface area contributed by atoms with Crippen LogP contribution in [0.3, 0.4) is 0 Å². The van der Waals surface area contributed by atoms with Crippen molar-refractivity contribution in [1.29, 1.82) is 5.26 Å². The van der Waals surface area contributed by atoms with Crippen molar-refractivity contribution >= 4 is 0 Å². The van der Waals surface area contributed by atoms with Gasteiger partial charge in [-0.25, -0.2) is 0 Å². The molecule has 1 heterocycles. The molecule has 1 saturated heterocycles. The zero-order chi connectivity index (χ0) is 13.5. The molecule has 0 radical (unpaired) electrons.